The summed E-state index contributed by atoms with van der Waals surface area (Å²) in [5, 5.41) is 10.6. The van der Waals surface area contributed by atoms with Gasteiger partial charge >= 0.3 is 5.65 Å². The number of aliphatic hydroxyl groups excluding tert-OH is 1. The van der Waals surface area contributed by atoms with E-state index in [2.05, 4.69) is 9.97 Å². The van der Waals surface area contributed by atoms with Crippen LogP contribution in [0.25, 0.3) is 11.2 Å². The molecule has 1 fully saturated rings. The van der Waals surface area contributed by atoms with E-state index >= 15 is 0 Å². The lowest BCUT2D eigenvalue weighted by molar-refractivity contribution is -0.746. The van der Waals surface area contributed by atoms with E-state index in [0.717, 1.165) is 0 Å². The van der Waals surface area contributed by atoms with E-state index in [1.165, 1.54) is 13.4 Å². The quantitative estimate of drug-likeness (QED) is 0.728. The van der Waals surface area contributed by atoms with Gasteiger partial charge in [-0.15, -0.1) is 0 Å². The van der Waals surface area contributed by atoms with Crippen LogP contribution in [-0.4, -0.2) is 57.3 Å². The summed E-state index contributed by atoms with van der Waals surface area (Å²) in [5.41, 5.74) is 0.296. The van der Waals surface area contributed by atoms with Gasteiger partial charge in [0, 0.05) is 7.11 Å². The molecule has 0 aromatic carbocycles. The number of aromatic nitrogens is 4. The Kier molecular flexibility index (Phi) is 4.67. The first-order valence-corrected chi connectivity index (χ1v) is 8.17. The Balaban J connectivity index is 1.94. The van der Waals surface area contributed by atoms with Gasteiger partial charge in [0.25, 0.3) is 5.56 Å². The van der Waals surface area contributed by atoms with Gasteiger partial charge in [0.2, 0.25) is 11.7 Å². The highest BCUT2D eigenvalue weighted by Gasteiger charge is 2.48. The Bertz CT molecular complexity index is 809. The van der Waals surface area contributed by atoms with Gasteiger partial charge in [-0.3, -0.25) is 14.3 Å². The monoisotopic (exact) mass is 353 g/mol. The number of rotatable bonds is 4. The number of aromatic amines is 1. The van der Waals surface area contributed by atoms with Crippen LogP contribution in [0.4, 0.5) is 0 Å². The minimum atomic E-state index is -0.859. The number of aryl methyl sites for hydroxylation is 1. The van der Waals surface area contributed by atoms with Crippen molar-refractivity contribution in [1.82, 2.24) is 14.5 Å². The molecule has 3 heterocycles. The van der Waals surface area contributed by atoms with E-state index < -0.39 is 24.5 Å². The SMILES string of the molecule is COC1C(O)C(COC(C)(C)C)OC1[n+]1cn(C)c2c(=O)[nH]cnc21. The zero-order chi connectivity index (χ0) is 18.4. The molecule has 1 aliphatic rings. The molecule has 0 radical (unpaired) electrons. The van der Waals surface area contributed by atoms with E-state index in [4.69, 9.17) is 14.2 Å². The molecule has 2 aromatic heterocycles. The summed E-state index contributed by atoms with van der Waals surface area (Å²) in [7, 11) is 3.27. The summed E-state index contributed by atoms with van der Waals surface area (Å²) in [4.78, 5) is 18.9. The smallest absolute Gasteiger partial charge is 0.311 e. The van der Waals surface area contributed by atoms with Gasteiger partial charge in [-0.25, -0.2) is 4.57 Å². The number of ether oxygens (including phenoxy) is 3. The molecule has 3 rings (SSSR count). The summed E-state index contributed by atoms with van der Waals surface area (Å²) < 4.78 is 20.6. The van der Waals surface area contributed by atoms with Crippen molar-refractivity contribution < 1.29 is 23.9 Å². The van der Waals surface area contributed by atoms with Crippen LogP contribution in [0.5, 0.6) is 0 Å². The molecule has 9 nitrogen and oxygen atoms in total. The molecule has 0 aliphatic carbocycles. The summed E-state index contributed by atoms with van der Waals surface area (Å²) >= 11 is 0. The lowest BCUT2D eigenvalue weighted by Gasteiger charge is -2.23. The van der Waals surface area contributed by atoms with Crippen LogP contribution in [-0.2, 0) is 21.3 Å². The molecular weight excluding hydrogens is 328 g/mol. The van der Waals surface area contributed by atoms with Crippen LogP contribution in [0.2, 0.25) is 0 Å². The number of nitrogens with zero attached hydrogens (tertiary/aromatic N) is 3. The fraction of sp³-hybridized carbons (Fsp3) is 0.688. The fourth-order valence-electron chi connectivity index (χ4n) is 3.04. The first kappa shape index (κ1) is 18.0. The van der Waals surface area contributed by atoms with Crippen LogP contribution in [0.1, 0.15) is 27.0 Å². The molecule has 0 amide bonds. The van der Waals surface area contributed by atoms with Gasteiger partial charge in [0.1, 0.15) is 18.3 Å². The van der Waals surface area contributed by atoms with Crippen molar-refractivity contribution in [3.05, 3.63) is 23.0 Å². The summed E-state index contributed by atoms with van der Waals surface area (Å²) in [6, 6.07) is 0. The summed E-state index contributed by atoms with van der Waals surface area (Å²) in [6.45, 7) is 6.06. The number of aliphatic hydroxyl groups is 1. The van der Waals surface area contributed by atoms with Crippen molar-refractivity contribution in [3.63, 3.8) is 0 Å². The number of hydrogen-bond donors (Lipinski definition) is 2. The second kappa shape index (κ2) is 6.49. The normalized spacial score (nSPS) is 27.3. The zero-order valence-electron chi connectivity index (χ0n) is 15.1. The number of nitrogens with one attached hydrogen (secondary N) is 1. The van der Waals surface area contributed by atoms with Crippen LogP contribution in [0.3, 0.4) is 0 Å². The van der Waals surface area contributed by atoms with Crippen molar-refractivity contribution >= 4 is 11.2 Å². The van der Waals surface area contributed by atoms with Gasteiger partial charge in [-0.2, -0.15) is 0 Å². The van der Waals surface area contributed by atoms with Crippen molar-refractivity contribution in [1.29, 1.82) is 0 Å². The molecule has 9 heteroatoms. The third kappa shape index (κ3) is 3.32. The third-order valence-electron chi connectivity index (χ3n) is 4.24. The molecule has 4 atom stereocenters. The maximum atomic E-state index is 12.0. The molecule has 4 unspecified atom stereocenters. The van der Waals surface area contributed by atoms with E-state index in [-0.39, 0.29) is 17.8 Å². The van der Waals surface area contributed by atoms with Crippen molar-refractivity contribution in [2.45, 2.75) is 50.9 Å². The Morgan fingerprint density at radius 1 is 1.48 bits per heavy atom. The second-order valence-corrected chi connectivity index (χ2v) is 7.22. The first-order valence-electron chi connectivity index (χ1n) is 8.17. The molecular formula is C16H25N4O5+. The van der Waals surface area contributed by atoms with Crippen LogP contribution >= 0.6 is 0 Å². The maximum absolute atomic E-state index is 12.0. The zero-order valence-corrected chi connectivity index (χ0v) is 15.1. The Morgan fingerprint density at radius 3 is 2.84 bits per heavy atom. The molecule has 138 valence electrons. The van der Waals surface area contributed by atoms with Crippen molar-refractivity contribution in [3.8, 4) is 0 Å². The number of hydrogen-bond acceptors (Lipinski definition) is 6. The molecule has 1 aliphatic heterocycles. The Morgan fingerprint density at radius 2 is 2.20 bits per heavy atom. The Hall–Kier alpha value is -1.81. The van der Waals surface area contributed by atoms with E-state index in [0.29, 0.717) is 11.2 Å². The number of H-pyrrole nitrogens is 1. The highest BCUT2D eigenvalue weighted by molar-refractivity contribution is 5.65. The standard InChI is InChI=1S/C16H24N4O5/c1-16(2,3)24-6-9-11(21)12(23-5)15(25-9)20-8-19(4)10-13(20)17-7-18-14(10)22/h7-9,11-12,15,21H,6H2,1-5H3/p+1. The van der Waals surface area contributed by atoms with E-state index in [1.54, 1.807) is 22.5 Å². The van der Waals surface area contributed by atoms with Gasteiger partial charge in [-0.05, 0) is 20.8 Å². The number of fused-ring (bicyclic) bond motifs is 1. The summed E-state index contributed by atoms with van der Waals surface area (Å²) in [6.07, 6.45) is 0.426. The lowest BCUT2D eigenvalue weighted by atomic mass is 10.1. The van der Waals surface area contributed by atoms with Crippen LogP contribution < -0.4 is 10.1 Å². The predicted octanol–water partition coefficient (Wildman–Crippen LogP) is -0.362. The fourth-order valence-corrected chi connectivity index (χ4v) is 3.04. The predicted molar refractivity (Wildman–Crippen MR) is 87.9 cm³/mol. The van der Waals surface area contributed by atoms with Gasteiger partial charge in [-0.1, -0.05) is 4.98 Å². The molecule has 2 N–H and O–H groups in total. The molecule has 0 saturated carbocycles. The minimum absolute atomic E-state index is 0.236. The summed E-state index contributed by atoms with van der Waals surface area (Å²) in [5.74, 6) is 0. The van der Waals surface area contributed by atoms with Crippen molar-refractivity contribution in [2.24, 2.45) is 7.05 Å². The second-order valence-electron chi connectivity index (χ2n) is 7.22. The highest BCUT2D eigenvalue weighted by atomic mass is 16.6. The minimum Gasteiger partial charge on any atom is -0.387 e. The van der Waals surface area contributed by atoms with Crippen LogP contribution in [0.15, 0.2) is 17.4 Å². The molecule has 25 heavy (non-hydrogen) atoms. The average Bonchev–Trinajstić information content (AvgIpc) is 3.03. The Labute approximate surface area is 145 Å². The number of imidazole rings is 1. The topological polar surface area (TPSA) is 102 Å². The van der Waals surface area contributed by atoms with Gasteiger partial charge < -0.3 is 19.3 Å². The molecule has 1 saturated heterocycles. The maximum Gasteiger partial charge on any atom is 0.311 e. The third-order valence-corrected chi connectivity index (χ3v) is 4.24. The average molecular weight is 353 g/mol. The molecule has 2 aromatic rings. The number of methoxy groups -OCH3 is 1. The van der Waals surface area contributed by atoms with Gasteiger partial charge in [0.15, 0.2) is 12.7 Å². The first-order chi connectivity index (χ1) is 11.7. The molecule has 0 bridgehead atoms. The van der Waals surface area contributed by atoms with Crippen LogP contribution in [0, 0.1) is 0 Å². The van der Waals surface area contributed by atoms with E-state index in [1.807, 2.05) is 20.8 Å². The highest BCUT2D eigenvalue weighted by Crippen LogP contribution is 2.29. The lowest BCUT2D eigenvalue weighted by Crippen LogP contribution is -2.46. The van der Waals surface area contributed by atoms with Gasteiger partial charge in [0.05, 0.1) is 19.3 Å². The van der Waals surface area contributed by atoms with E-state index in [9.17, 15) is 9.90 Å². The molecule has 0 spiro atoms. The van der Waals surface area contributed by atoms with Crippen molar-refractivity contribution in [2.75, 3.05) is 13.7 Å². The largest absolute Gasteiger partial charge is 0.387 e.